The van der Waals surface area contributed by atoms with Crippen LogP contribution in [0.2, 0.25) is 0 Å². The number of hydrogen-bond donors (Lipinski definition) is 1. The van der Waals surface area contributed by atoms with E-state index in [2.05, 4.69) is 28.7 Å². The molecule has 1 heterocycles. The molecule has 0 saturated carbocycles. The molecule has 1 rings (SSSR count). The number of nitrogens with zero attached hydrogens (tertiary/aromatic N) is 2. The fourth-order valence-corrected chi connectivity index (χ4v) is 1.90. The lowest BCUT2D eigenvalue weighted by molar-refractivity contribution is 0.0489. The Kier molecular flexibility index (Phi) is 5.49. The summed E-state index contributed by atoms with van der Waals surface area (Å²) in [7, 11) is 1.97. The molecule has 0 saturated heterocycles. The molecule has 0 aliphatic carbocycles. The van der Waals surface area contributed by atoms with E-state index in [4.69, 9.17) is 4.74 Å². The van der Waals surface area contributed by atoms with Gasteiger partial charge in [-0.2, -0.15) is 0 Å². The van der Waals surface area contributed by atoms with Crippen LogP contribution in [0.1, 0.15) is 26.6 Å². The summed E-state index contributed by atoms with van der Waals surface area (Å²) < 4.78 is 7.79. The third-order valence-electron chi connectivity index (χ3n) is 2.91. The lowest BCUT2D eigenvalue weighted by atomic mass is 10.1. The highest BCUT2D eigenvalue weighted by Crippen LogP contribution is 2.07. The molecule has 4 heteroatoms. The highest BCUT2D eigenvalue weighted by atomic mass is 16.5. The third kappa shape index (κ3) is 3.32. The Bertz CT molecular complexity index is 298. The van der Waals surface area contributed by atoms with Gasteiger partial charge >= 0.3 is 0 Å². The maximum atomic E-state index is 5.62. The molecule has 0 fully saturated rings. The van der Waals surface area contributed by atoms with Gasteiger partial charge in [-0.3, -0.25) is 0 Å². The van der Waals surface area contributed by atoms with Gasteiger partial charge in [0.05, 0.1) is 6.10 Å². The molecule has 0 spiro atoms. The minimum Gasteiger partial charge on any atom is -0.377 e. The van der Waals surface area contributed by atoms with Crippen LogP contribution in [0.15, 0.2) is 12.4 Å². The highest BCUT2D eigenvalue weighted by Gasteiger charge is 2.18. The van der Waals surface area contributed by atoms with Gasteiger partial charge in [-0.1, -0.05) is 0 Å². The second kappa shape index (κ2) is 6.66. The van der Waals surface area contributed by atoms with Crippen LogP contribution in [-0.4, -0.2) is 35.4 Å². The molecule has 0 aliphatic rings. The lowest BCUT2D eigenvalue weighted by Crippen LogP contribution is -2.40. The maximum Gasteiger partial charge on any atom is 0.110 e. The number of likely N-dealkylation sites (N-methyl/N-ethyl adjacent to an activating group) is 1. The smallest absolute Gasteiger partial charge is 0.110 e. The molecular formula is C12H23N3O. The highest BCUT2D eigenvalue weighted by molar-refractivity contribution is 4.96. The first-order valence-electron chi connectivity index (χ1n) is 6.01. The molecule has 0 amide bonds. The summed E-state index contributed by atoms with van der Waals surface area (Å²) in [5.41, 5.74) is 0. The Morgan fingerprint density at radius 1 is 1.50 bits per heavy atom. The van der Waals surface area contributed by atoms with Crippen molar-refractivity contribution in [1.29, 1.82) is 0 Å². The van der Waals surface area contributed by atoms with Gasteiger partial charge in [0.25, 0.3) is 0 Å². The Labute approximate surface area is 98.0 Å². The van der Waals surface area contributed by atoms with Gasteiger partial charge < -0.3 is 14.6 Å². The van der Waals surface area contributed by atoms with E-state index >= 15 is 0 Å². The predicted molar refractivity (Wildman–Crippen MR) is 65.5 cm³/mol. The molecule has 2 atom stereocenters. The van der Waals surface area contributed by atoms with Crippen molar-refractivity contribution >= 4 is 0 Å². The Balaban J connectivity index is 2.62. The van der Waals surface area contributed by atoms with Crippen LogP contribution >= 0.6 is 0 Å². The second-order valence-electron chi connectivity index (χ2n) is 3.89. The molecule has 1 aromatic heterocycles. The van der Waals surface area contributed by atoms with Crippen molar-refractivity contribution in [2.24, 2.45) is 0 Å². The number of nitrogens with one attached hydrogen (secondary N) is 1. The van der Waals surface area contributed by atoms with Gasteiger partial charge in [-0.05, 0) is 27.8 Å². The monoisotopic (exact) mass is 225 g/mol. The zero-order chi connectivity index (χ0) is 12.0. The van der Waals surface area contributed by atoms with Crippen LogP contribution in [0, 0.1) is 0 Å². The van der Waals surface area contributed by atoms with Gasteiger partial charge in [0, 0.05) is 38.0 Å². The maximum absolute atomic E-state index is 5.62. The molecule has 92 valence electrons. The van der Waals surface area contributed by atoms with Gasteiger partial charge in [-0.15, -0.1) is 0 Å². The Morgan fingerprint density at radius 2 is 2.25 bits per heavy atom. The SMILES string of the molecule is CCOC(C)C(Cc1nccn1CC)NC. The van der Waals surface area contributed by atoms with E-state index in [-0.39, 0.29) is 6.10 Å². The average Bonchev–Trinajstić information content (AvgIpc) is 2.73. The zero-order valence-electron chi connectivity index (χ0n) is 10.7. The van der Waals surface area contributed by atoms with Crippen molar-refractivity contribution in [1.82, 2.24) is 14.9 Å². The summed E-state index contributed by atoms with van der Waals surface area (Å²) in [5.74, 6) is 1.12. The van der Waals surface area contributed by atoms with E-state index in [1.165, 1.54) is 0 Å². The molecule has 4 nitrogen and oxygen atoms in total. The summed E-state index contributed by atoms with van der Waals surface area (Å²) in [6.07, 6.45) is 4.99. The Morgan fingerprint density at radius 3 is 2.81 bits per heavy atom. The van der Waals surface area contributed by atoms with Crippen LogP contribution in [0.25, 0.3) is 0 Å². The minimum atomic E-state index is 0.206. The number of ether oxygens (including phenoxy) is 1. The van der Waals surface area contributed by atoms with Crippen LogP contribution in [-0.2, 0) is 17.7 Å². The van der Waals surface area contributed by atoms with Crippen LogP contribution in [0.4, 0.5) is 0 Å². The molecule has 0 radical (unpaired) electrons. The number of imidazole rings is 1. The summed E-state index contributed by atoms with van der Waals surface area (Å²) >= 11 is 0. The van der Waals surface area contributed by atoms with E-state index in [1.807, 2.05) is 26.4 Å². The molecule has 2 unspecified atom stereocenters. The number of hydrogen-bond acceptors (Lipinski definition) is 3. The van der Waals surface area contributed by atoms with Gasteiger partial charge in [0.1, 0.15) is 5.82 Å². The number of aromatic nitrogens is 2. The van der Waals surface area contributed by atoms with Crippen molar-refractivity contribution in [2.45, 2.75) is 45.9 Å². The van der Waals surface area contributed by atoms with E-state index in [0.29, 0.717) is 6.04 Å². The first-order chi connectivity index (χ1) is 7.72. The van der Waals surface area contributed by atoms with Crippen LogP contribution in [0.5, 0.6) is 0 Å². The van der Waals surface area contributed by atoms with Crippen molar-refractivity contribution in [2.75, 3.05) is 13.7 Å². The quantitative estimate of drug-likeness (QED) is 0.763. The molecular weight excluding hydrogens is 202 g/mol. The van der Waals surface area contributed by atoms with Crippen molar-refractivity contribution in [3.63, 3.8) is 0 Å². The molecule has 0 bridgehead atoms. The fourth-order valence-electron chi connectivity index (χ4n) is 1.90. The van der Waals surface area contributed by atoms with Gasteiger partial charge in [-0.25, -0.2) is 4.98 Å². The summed E-state index contributed by atoms with van der Waals surface area (Å²) in [6, 6.07) is 0.313. The normalized spacial score (nSPS) is 15.0. The van der Waals surface area contributed by atoms with Crippen molar-refractivity contribution in [3.05, 3.63) is 18.2 Å². The van der Waals surface area contributed by atoms with Crippen molar-refractivity contribution in [3.8, 4) is 0 Å². The number of aryl methyl sites for hydroxylation is 1. The molecule has 1 aromatic rings. The van der Waals surface area contributed by atoms with E-state index in [9.17, 15) is 0 Å². The van der Waals surface area contributed by atoms with E-state index < -0.39 is 0 Å². The van der Waals surface area contributed by atoms with Crippen LogP contribution < -0.4 is 5.32 Å². The van der Waals surface area contributed by atoms with E-state index in [1.54, 1.807) is 0 Å². The average molecular weight is 225 g/mol. The van der Waals surface area contributed by atoms with Gasteiger partial charge in [0.15, 0.2) is 0 Å². The summed E-state index contributed by atoms with van der Waals surface area (Å²) in [5, 5.41) is 3.30. The molecule has 0 aromatic carbocycles. The third-order valence-corrected chi connectivity index (χ3v) is 2.91. The fraction of sp³-hybridized carbons (Fsp3) is 0.750. The largest absolute Gasteiger partial charge is 0.377 e. The topological polar surface area (TPSA) is 39.1 Å². The summed E-state index contributed by atoms with van der Waals surface area (Å²) in [4.78, 5) is 4.38. The zero-order valence-corrected chi connectivity index (χ0v) is 10.7. The van der Waals surface area contributed by atoms with E-state index in [0.717, 1.165) is 25.4 Å². The lowest BCUT2D eigenvalue weighted by Gasteiger charge is -2.23. The predicted octanol–water partition coefficient (Wildman–Crippen LogP) is 1.46. The molecule has 1 N–H and O–H groups in total. The number of rotatable bonds is 7. The molecule has 16 heavy (non-hydrogen) atoms. The van der Waals surface area contributed by atoms with Gasteiger partial charge in [0.2, 0.25) is 0 Å². The second-order valence-corrected chi connectivity index (χ2v) is 3.89. The minimum absolute atomic E-state index is 0.206. The Hall–Kier alpha value is -0.870. The molecule has 0 aliphatic heterocycles. The first kappa shape index (κ1) is 13.2. The standard InChI is InChI=1S/C12H23N3O/c1-5-15-8-7-14-12(15)9-11(13-4)10(3)16-6-2/h7-8,10-11,13H,5-6,9H2,1-4H3. The first-order valence-corrected chi connectivity index (χ1v) is 6.01. The van der Waals surface area contributed by atoms with Crippen molar-refractivity contribution < 1.29 is 4.74 Å². The summed E-state index contributed by atoms with van der Waals surface area (Å²) in [6.45, 7) is 7.97. The van der Waals surface area contributed by atoms with Crippen LogP contribution in [0.3, 0.4) is 0 Å².